The Bertz CT molecular complexity index is 1400. The Kier molecular flexibility index (Phi) is 10.5. The van der Waals surface area contributed by atoms with Gasteiger partial charge in [-0.2, -0.15) is 9.78 Å². The molecule has 0 saturated carbocycles. The molecule has 0 amide bonds. The standard InChI is InChI=1S/C30H45N7OS/c1-9-13-16-21(12-4)25-34-26-23(20(5)22(19-31)28(38)37(26)35-25)32-27-24(30(6,7)8)33-29(39-27)36(17-14-10-2)18-15-11-3/h21,38H,5,9-18H2,1-4,6-8H3. The van der Waals surface area contributed by atoms with Gasteiger partial charge < -0.3 is 10.0 Å². The van der Waals surface area contributed by atoms with E-state index < -0.39 is 0 Å². The summed E-state index contributed by atoms with van der Waals surface area (Å²) < 4.78 is 1.36. The number of aromatic nitrogens is 4. The van der Waals surface area contributed by atoms with E-state index in [9.17, 15) is 10.4 Å². The lowest BCUT2D eigenvalue weighted by molar-refractivity contribution is 0.431. The van der Waals surface area contributed by atoms with Crippen molar-refractivity contribution in [3.63, 3.8) is 0 Å². The minimum atomic E-state index is -0.244. The summed E-state index contributed by atoms with van der Waals surface area (Å²) in [4.78, 5) is 17.4. The lowest BCUT2D eigenvalue weighted by Crippen LogP contribution is -2.30. The first kappa shape index (κ1) is 30.6. The summed E-state index contributed by atoms with van der Waals surface area (Å²) in [6.07, 6.45) is 8.48. The Labute approximate surface area is 237 Å². The number of aromatic hydroxyl groups is 1. The second-order valence-electron chi connectivity index (χ2n) is 11.3. The second-order valence-corrected chi connectivity index (χ2v) is 12.3. The van der Waals surface area contributed by atoms with Gasteiger partial charge in [0.15, 0.2) is 16.6 Å². The molecule has 1 unspecified atom stereocenters. The summed E-state index contributed by atoms with van der Waals surface area (Å²) in [5.74, 6) is 0.590. The van der Waals surface area contributed by atoms with Crippen LogP contribution in [0.5, 0.6) is 5.88 Å². The lowest BCUT2D eigenvalue weighted by Gasteiger charge is -2.21. The van der Waals surface area contributed by atoms with E-state index in [4.69, 9.17) is 15.0 Å². The summed E-state index contributed by atoms with van der Waals surface area (Å²) in [5.41, 5.74) is 1.14. The molecule has 0 bridgehead atoms. The number of unbranched alkanes of at least 4 members (excludes halogenated alkanes) is 3. The Morgan fingerprint density at radius 2 is 1.72 bits per heavy atom. The fraction of sp³-hybridized carbons (Fsp3) is 0.633. The van der Waals surface area contributed by atoms with E-state index in [0.717, 1.165) is 80.3 Å². The first-order chi connectivity index (χ1) is 18.6. The van der Waals surface area contributed by atoms with Crippen LogP contribution in [0.4, 0.5) is 10.1 Å². The summed E-state index contributed by atoms with van der Waals surface area (Å²) in [6, 6.07) is 2.10. The molecule has 0 saturated heterocycles. The molecule has 1 N–H and O–H groups in total. The molecule has 0 aliphatic heterocycles. The number of nitriles is 1. The zero-order valence-electron chi connectivity index (χ0n) is 24.8. The molecule has 3 aromatic rings. The van der Waals surface area contributed by atoms with E-state index in [0.29, 0.717) is 22.0 Å². The van der Waals surface area contributed by atoms with Crippen LogP contribution in [0, 0.1) is 11.3 Å². The van der Waals surface area contributed by atoms with Gasteiger partial charge in [0.05, 0.1) is 5.69 Å². The molecular formula is C30H45N7OS. The maximum absolute atomic E-state index is 10.9. The number of fused-ring (bicyclic) bond motifs is 1. The lowest BCUT2D eigenvalue weighted by atomic mass is 9.92. The molecule has 0 aliphatic rings. The van der Waals surface area contributed by atoms with Gasteiger partial charge in [-0.05, 0) is 25.7 Å². The molecule has 0 aromatic carbocycles. The van der Waals surface area contributed by atoms with Crippen molar-refractivity contribution in [2.75, 3.05) is 18.0 Å². The molecule has 0 aliphatic carbocycles. The normalized spacial score (nSPS) is 13.2. The molecule has 8 nitrogen and oxygen atoms in total. The van der Waals surface area contributed by atoms with E-state index in [1.165, 1.54) is 4.52 Å². The highest BCUT2D eigenvalue weighted by Gasteiger charge is 2.26. The topological polar surface area (TPSA) is 103 Å². The van der Waals surface area contributed by atoms with Crippen LogP contribution < -0.4 is 15.5 Å². The number of hydrogen-bond donors (Lipinski definition) is 1. The Hall–Kier alpha value is -2.99. The Balaban J connectivity index is 2.30. The third-order valence-corrected chi connectivity index (χ3v) is 8.09. The van der Waals surface area contributed by atoms with Crippen LogP contribution in [-0.4, -0.2) is 37.8 Å². The van der Waals surface area contributed by atoms with Crippen LogP contribution in [0.15, 0.2) is 4.99 Å². The highest BCUT2D eigenvalue weighted by molar-refractivity contribution is 7.19. The number of anilines is 1. The van der Waals surface area contributed by atoms with Gasteiger partial charge >= 0.3 is 0 Å². The van der Waals surface area contributed by atoms with Crippen molar-refractivity contribution in [2.45, 2.75) is 111 Å². The van der Waals surface area contributed by atoms with Crippen molar-refractivity contribution in [3.8, 4) is 11.9 Å². The van der Waals surface area contributed by atoms with Gasteiger partial charge in [-0.1, -0.05) is 92.1 Å². The van der Waals surface area contributed by atoms with E-state index in [2.05, 4.69) is 71.1 Å². The number of thiazole rings is 1. The molecule has 0 fully saturated rings. The predicted molar refractivity (Wildman–Crippen MR) is 161 cm³/mol. The van der Waals surface area contributed by atoms with Gasteiger partial charge in [0.25, 0.3) is 0 Å². The maximum atomic E-state index is 10.9. The van der Waals surface area contributed by atoms with Gasteiger partial charge in [0, 0.05) is 29.6 Å². The minimum Gasteiger partial charge on any atom is -0.492 e. The Morgan fingerprint density at radius 1 is 1.08 bits per heavy atom. The highest BCUT2D eigenvalue weighted by Crippen LogP contribution is 2.40. The van der Waals surface area contributed by atoms with Crippen LogP contribution in [0.1, 0.15) is 123 Å². The maximum Gasteiger partial charge on any atom is 0.233 e. The zero-order valence-corrected chi connectivity index (χ0v) is 25.7. The fourth-order valence-corrected chi connectivity index (χ4v) is 5.81. The molecule has 3 heterocycles. The molecule has 3 aromatic heterocycles. The zero-order chi connectivity index (χ0) is 28.7. The molecule has 1 atom stereocenters. The summed E-state index contributed by atoms with van der Waals surface area (Å²) in [5, 5.41) is 28.0. The number of hydrogen-bond acceptors (Lipinski definition) is 8. The first-order valence-corrected chi connectivity index (χ1v) is 15.3. The third-order valence-electron chi connectivity index (χ3n) is 7.08. The van der Waals surface area contributed by atoms with E-state index in [-0.39, 0.29) is 22.8 Å². The fourth-order valence-electron chi connectivity index (χ4n) is 4.60. The smallest absolute Gasteiger partial charge is 0.233 e. The number of nitrogens with zero attached hydrogens (tertiary/aromatic N) is 7. The molecule has 3 rings (SSSR count). The molecule has 212 valence electrons. The number of pyridine rings is 1. The molecule has 39 heavy (non-hydrogen) atoms. The van der Waals surface area contributed by atoms with E-state index in [1.54, 1.807) is 11.3 Å². The quantitative estimate of drug-likeness (QED) is 0.260. The second kappa shape index (κ2) is 13.4. The number of rotatable bonds is 13. The van der Waals surface area contributed by atoms with Crippen molar-refractivity contribution >= 4 is 33.7 Å². The van der Waals surface area contributed by atoms with Crippen molar-refractivity contribution in [2.24, 2.45) is 4.99 Å². The molecule has 0 radical (unpaired) electrons. The van der Waals surface area contributed by atoms with Gasteiger partial charge in [-0.3, -0.25) is 0 Å². The SMILES string of the molecule is C=c1c(C#N)c(O)n2nc(C(CC)CCCC)nc2c1=Nc1sc(N(CCCC)CCCC)nc1C(C)(C)C. The predicted octanol–water partition coefficient (Wildman–Crippen LogP) is 6.51. The van der Waals surface area contributed by atoms with Crippen molar-refractivity contribution in [1.82, 2.24) is 19.6 Å². The molecule has 9 heteroatoms. The van der Waals surface area contributed by atoms with Crippen LogP contribution in [0.3, 0.4) is 0 Å². The van der Waals surface area contributed by atoms with Crippen molar-refractivity contribution in [1.29, 1.82) is 5.26 Å². The Morgan fingerprint density at radius 3 is 2.26 bits per heavy atom. The van der Waals surface area contributed by atoms with Gasteiger partial charge in [0.1, 0.15) is 22.0 Å². The van der Waals surface area contributed by atoms with E-state index in [1.807, 2.05) is 0 Å². The summed E-state index contributed by atoms with van der Waals surface area (Å²) >= 11 is 1.57. The average Bonchev–Trinajstić information content (AvgIpc) is 3.53. The van der Waals surface area contributed by atoms with Crippen LogP contribution in [-0.2, 0) is 5.41 Å². The summed E-state index contributed by atoms with van der Waals surface area (Å²) in [7, 11) is 0. The van der Waals surface area contributed by atoms with Crippen molar-refractivity contribution in [3.05, 3.63) is 27.7 Å². The van der Waals surface area contributed by atoms with Crippen LogP contribution >= 0.6 is 11.3 Å². The monoisotopic (exact) mass is 551 g/mol. The summed E-state index contributed by atoms with van der Waals surface area (Å²) in [6.45, 7) is 21.2. The van der Waals surface area contributed by atoms with Crippen molar-refractivity contribution < 1.29 is 5.11 Å². The molecule has 0 spiro atoms. The highest BCUT2D eigenvalue weighted by atomic mass is 32.1. The van der Waals surface area contributed by atoms with Gasteiger partial charge in [-0.15, -0.1) is 5.10 Å². The van der Waals surface area contributed by atoms with Crippen LogP contribution in [0.2, 0.25) is 0 Å². The largest absolute Gasteiger partial charge is 0.492 e. The minimum absolute atomic E-state index is 0.0638. The van der Waals surface area contributed by atoms with E-state index >= 15 is 0 Å². The average molecular weight is 552 g/mol. The van der Waals surface area contributed by atoms with Gasteiger partial charge in [0.2, 0.25) is 5.88 Å². The van der Waals surface area contributed by atoms with Gasteiger partial charge in [-0.25, -0.2) is 15.0 Å². The molecular weight excluding hydrogens is 506 g/mol. The first-order valence-electron chi connectivity index (χ1n) is 14.5. The van der Waals surface area contributed by atoms with Crippen LogP contribution in [0.25, 0.3) is 12.2 Å². The third kappa shape index (κ3) is 6.78.